The van der Waals surface area contributed by atoms with Gasteiger partial charge in [-0.2, -0.15) is 13.2 Å². The number of alkyl halides is 3. The Labute approximate surface area is 89.0 Å². The molecule has 0 aromatic carbocycles. The average molecular weight is 231 g/mol. The second kappa shape index (κ2) is 3.81. The maximum Gasteiger partial charge on any atom is 0.412 e. The minimum Gasteiger partial charge on any atom is -0.284 e. The van der Waals surface area contributed by atoms with Crippen molar-refractivity contribution in [2.45, 2.75) is 12.6 Å². The Morgan fingerprint density at radius 3 is 2.73 bits per heavy atom. The van der Waals surface area contributed by atoms with E-state index in [1.165, 1.54) is 11.3 Å². The first-order chi connectivity index (χ1) is 7.07. The molecule has 1 aliphatic heterocycles. The molecule has 5 heteroatoms. The lowest BCUT2D eigenvalue weighted by Gasteiger charge is -2.15. The van der Waals surface area contributed by atoms with Gasteiger partial charge in [-0.25, -0.2) is 0 Å². The maximum absolute atomic E-state index is 12.4. The second-order valence-corrected chi connectivity index (χ2v) is 4.11. The van der Waals surface area contributed by atoms with Crippen molar-refractivity contribution in [2.75, 3.05) is 6.54 Å². The lowest BCUT2D eigenvalue weighted by Crippen LogP contribution is -2.17. The Morgan fingerprint density at radius 2 is 2.13 bits per heavy atom. The lowest BCUT2D eigenvalue weighted by atomic mass is 10.1. The molecule has 0 N–H and O–H groups in total. The summed E-state index contributed by atoms with van der Waals surface area (Å²) in [5.41, 5.74) is -0.0375. The quantitative estimate of drug-likeness (QED) is 0.702. The topological polar surface area (TPSA) is 12.4 Å². The molecule has 0 amide bonds. The molecule has 0 unspecified atom stereocenters. The van der Waals surface area contributed by atoms with Gasteiger partial charge in [-0.1, -0.05) is 6.07 Å². The minimum atomic E-state index is -4.22. The monoisotopic (exact) mass is 231 g/mol. The van der Waals surface area contributed by atoms with Crippen LogP contribution in [-0.2, 0) is 0 Å². The fourth-order valence-corrected chi connectivity index (χ4v) is 2.08. The number of aliphatic imine (C=N–C) groups is 1. The summed E-state index contributed by atoms with van der Waals surface area (Å²) in [5.74, 6) is 0. The molecule has 80 valence electrons. The first-order valence-corrected chi connectivity index (χ1v) is 5.31. The molecule has 15 heavy (non-hydrogen) atoms. The standard InChI is InChI=1S/C10H8F3NS/c11-10(12,13)7-3-4-14-8(6-7)9-2-1-5-15-9/h1-2,5-6H,3-4H2. The minimum absolute atomic E-state index is 0.0155. The largest absolute Gasteiger partial charge is 0.412 e. The van der Waals surface area contributed by atoms with E-state index < -0.39 is 11.7 Å². The summed E-state index contributed by atoms with van der Waals surface area (Å²) in [5, 5.41) is 1.83. The van der Waals surface area contributed by atoms with E-state index in [9.17, 15) is 13.2 Å². The summed E-state index contributed by atoms with van der Waals surface area (Å²) in [7, 11) is 0. The van der Waals surface area contributed by atoms with Crippen molar-refractivity contribution in [3.05, 3.63) is 34.0 Å². The van der Waals surface area contributed by atoms with Gasteiger partial charge in [0.2, 0.25) is 0 Å². The smallest absolute Gasteiger partial charge is 0.284 e. The Bertz CT molecular complexity index is 401. The SMILES string of the molecule is FC(F)(F)C1=CC(c2cccs2)=NCC1. The predicted octanol–water partition coefficient (Wildman–Crippen LogP) is 3.43. The van der Waals surface area contributed by atoms with Crippen molar-refractivity contribution in [3.8, 4) is 0 Å². The molecular formula is C10H8F3NS. The van der Waals surface area contributed by atoms with E-state index in [1.54, 1.807) is 12.1 Å². The van der Waals surface area contributed by atoms with Crippen LogP contribution in [0.2, 0.25) is 0 Å². The van der Waals surface area contributed by atoms with Gasteiger partial charge in [0.1, 0.15) is 0 Å². The van der Waals surface area contributed by atoms with Gasteiger partial charge in [0.15, 0.2) is 0 Å². The molecule has 1 aromatic rings. The summed E-state index contributed by atoms with van der Waals surface area (Å²) in [4.78, 5) is 4.87. The zero-order valence-electron chi connectivity index (χ0n) is 7.71. The maximum atomic E-state index is 12.4. The van der Waals surface area contributed by atoms with Crippen molar-refractivity contribution < 1.29 is 13.2 Å². The lowest BCUT2D eigenvalue weighted by molar-refractivity contribution is -0.0937. The molecule has 0 aliphatic carbocycles. The average Bonchev–Trinajstić information content (AvgIpc) is 2.69. The van der Waals surface area contributed by atoms with E-state index in [-0.39, 0.29) is 13.0 Å². The first-order valence-electron chi connectivity index (χ1n) is 4.43. The molecule has 2 rings (SSSR count). The fourth-order valence-electron chi connectivity index (χ4n) is 1.38. The highest BCUT2D eigenvalue weighted by atomic mass is 32.1. The number of thiophene rings is 1. The zero-order chi connectivity index (χ0) is 10.9. The number of nitrogens with zero attached hydrogens (tertiary/aromatic N) is 1. The first kappa shape index (κ1) is 10.4. The van der Waals surface area contributed by atoms with Crippen molar-refractivity contribution in [3.63, 3.8) is 0 Å². The van der Waals surface area contributed by atoms with Crippen molar-refractivity contribution in [1.82, 2.24) is 0 Å². The summed E-state index contributed by atoms with van der Waals surface area (Å²) in [6, 6.07) is 3.58. The van der Waals surface area contributed by atoms with Gasteiger partial charge in [0.05, 0.1) is 10.6 Å². The Kier molecular flexibility index (Phi) is 2.65. The Hall–Kier alpha value is -1.10. The van der Waals surface area contributed by atoms with E-state index >= 15 is 0 Å². The van der Waals surface area contributed by atoms with Crippen LogP contribution in [0, 0.1) is 0 Å². The molecule has 0 radical (unpaired) electrons. The van der Waals surface area contributed by atoms with E-state index in [1.807, 2.05) is 5.38 Å². The fraction of sp³-hybridized carbons (Fsp3) is 0.300. The van der Waals surface area contributed by atoms with Crippen LogP contribution in [0.15, 0.2) is 34.2 Å². The summed E-state index contributed by atoms with van der Waals surface area (Å²) in [6.45, 7) is 0.221. The van der Waals surface area contributed by atoms with Crippen LogP contribution in [0.5, 0.6) is 0 Å². The summed E-state index contributed by atoms with van der Waals surface area (Å²) >= 11 is 1.40. The van der Waals surface area contributed by atoms with Gasteiger partial charge in [0, 0.05) is 12.1 Å². The number of halogens is 3. The molecule has 1 aromatic heterocycles. The Balaban J connectivity index is 2.30. The summed E-state index contributed by atoms with van der Waals surface area (Å²) in [6.07, 6.45) is -3.09. The van der Waals surface area contributed by atoms with Crippen LogP contribution in [0.1, 0.15) is 11.3 Å². The molecule has 0 saturated carbocycles. The normalized spacial score (nSPS) is 17.3. The number of rotatable bonds is 1. The van der Waals surface area contributed by atoms with E-state index in [0.717, 1.165) is 11.0 Å². The van der Waals surface area contributed by atoms with Crippen LogP contribution < -0.4 is 0 Å². The number of allylic oxidation sites excluding steroid dienone is 1. The summed E-state index contributed by atoms with van der Waals surface area (Å²) < 4.78 is 37.3. The highest BCUT2D eigenvalue weighted by Gasteiger charge is 2.34. The molecule has 0 fully saturated rings. The molecule has 1 aliphatic rings. The van der Waals surface area contributed by atoms with Gasteiger partial charge in [-0.3, -0.25) is 4.99 Å². The van der Waals surface area contributed by atoms with Gasteiger partial charge in [-0.15, -0.1) is 11.3 Å². The molecular weight excluding hydrogens is 223 g/mol. The van der Waals surface area contributed by atoms with Gasteiger partial charge < -0.3 is 0 Å². The Morgan fingerprint density at radius 1 is 1.33 bits per heavy atom. The predicted molar refractivity (Wildman–Crippen MR) is 54.5 cm³/mol. The molecule has 0 atom stereocenters. The van der Waals surface area contributed by atoms with Crippen LogP contribution in [0.25, 0.3) is 0 Å². The van der Waals surface area contributed by atoms with E-state index in [0.29, 0.717) is 5.71 Å². The third kappa shape index (κ3) is 2.28. The third-order valence-corrected chi connectivity index (χ3v) is 3.00. The van der Waals surface area contributed by atoms with Gasteiger partial charge in [-0.05, 0) is 23.9 Å². The molecule has 0 saturated heterocycles. The van der Waals surface area contributed by atoms with Crippen molar-refractivity contribution >= 4 is 17.0 Å². The van der Waals surface area contributed by atoms with Gasteiger partial charge >= 0.3 is 6.18 Å². The van der Waals surface area contributed by atoms with Crippen LogP contribution >= 0.6 is 11.3 Å². The molecule has 0 spiro atoms. The highest BCUT2D eigenvalue weighted by Crippen LogP contribution is 2.30. The highest BCUT2D eigenvalue weighted by molar-refractivity contribution is 7.12. The van der Waals surface area contributed by atoms with Gasteiger partial charge in [0.25, 0.3) is 0 Å². The van der Waals surface area contributed by atoms with Crippen LogP contribution in [-0.4, -0.2) is 18.4 Å². The zero-order valence-corrected chi connectivity index (χ0v) is 8.53. The third-order valence-electron chi connectivity index (χ3n) is 2.11. The van der Waals surface area contributed by atoms with Crippen LogP contribution in [0.4, 0.5) is 13.2 Å². The van der Waals surface area contributed by atoms with Crippen molar-refractivity contribution in [1.29, 1.82) is 0 Å². The number of hydrogen-bond acceptors (Lipinski definition) is 2. The van der Waals surface area contributed by atoms with Crippen molar-refractivity contribution in [2.24, 2.45) is 4.99 Å². The number of hydrogen-bond donors (Lipinski definition) is 0. The second-order valence-electron chi connectivity index (χ2n) is 3.16. The molecule has 2 heterocycles. The van der Waals surface area contributed by atoms with E-state index in [2.05, 4.69) is 4.99 Å². The van der Waals surface area contributed by atoms with Crippen LogP contribution in [0.3, 0.4) is 0 Å². The molecule has 1 nitrogen and oxygen atoms in total. The number of dihydropyridines is 1. The van der Waals surface area contributed by atoms with E-state index in [4.69, 9.17) is 0 Å². The molecule has 0 bridgehead atoms.